The fourth-order valence-electron chi connectivity index (χ4n) is 2.06. The van der Waals surface area contributed by atoms with E-state index in [0.29, 0.717) is 5.69 Å². The van der Waals surface area contributed by atoms with Crippen LogP contribution in [-0.2, 0) is 11.3 Å². The van der Waals surface area contributed by atoms with E-state index in [-0.39, 0.29) is 6.54 Å². The third-order valence-corrected chi connectivity index (χ3v) is 2.83. The van der Waals surface area contributed by atoms with Crippen LogP contribution in [0, 0.1) is 0 Å². The zero-order chi connectivity index (χ0) is 15.5. The van der Waals surface area contributed by atoms with Gasteiger partial charge in [0.25, 0.3) is 0 Å². The maximum absolute atomic E-state index is 12.5. The highest BCUT2D eigenvalue weighted by Gasteiger charge is 2.31. The van der Waals surface area contributed by atoms with Gasteiger partial charge in [-0.2, -0.15) is 13.2 Å². The van der Waals surface area contributed by atoms with Crippen molar-refractivity contribution in [2.45, 2.75) is 12.7 Å². The molecule has 112 valence electrons. The van der Waals surface area contributed by atoms with E-state index in [9.17, 15) is 18.0 Å². The first-order valence-electron chi connectivity index (χ1n) is 6.18. The fraction of sp³-hybridized carbons (Fsp3) is 0.286. The largest absolute Gasteiger partial charge is 0.480 e. The highest BCUT2D eigenvalue weighted by molar-refractivity contribution is 5.81. The van der Waals surface area contributed by atoms with Crippen LogP contribution in [0.3, 0.4) is 0 Å². The molecule has 7 heteroatoms. The standard InChI is InChI=1S/C14H13F3N2O2/c15-14(16,17)9-19(8-13(20)21)7-12-5-10-3-1-2-4-11(10)6-18-12/h1-6H,7-9H2,(H,20,21). The van der Waals surface area contributed by atoms with Crippen molar-refractivity contribution in [3.8, 4) is 0 Å². The van der Waals surface area contributed by atoms with E-state index in [4.69, 9.17) is 5.11 Å². The molecule has 0 saturated carbocycles. The normalized spacial score (nSPS) is 12.0. The van der Waals surface area contributed by atoms with Crippen LogP contribution in [0.25, 0.3) is 10.8 Å². The smallest absolute Gasteiger partial charge is 0.401 e. The summed E-state index contributed by atoms with van der Waals surface area (Å²) in [6.45, 7) is -2.14. The molecule has 1 N–H and O–H groups in total. The lowest BCUT2D eigenvalue weighted by molar-refractivity contribution is -0.154. The van der Waals surface area contributed by atoms with Crippen LogP contribution >= 0.6 is 0 Å². The summed E-state index contributed by atoms with van der Waals surface area (Å²) in [7, 11) is 0. The van der Waals surface area contributed by atoms with Crippen LogP contribution in [0.1, 0.15) is 5.69 Å². The van der Waals surface area contributed by atoms with Crippen molar-refractivity contribution in [3.05, 3.63) is 42.2 Å². The van der Waals surface area contributed by atoms with E-state index < -0.39 is 25.2 Å². The molecule has 0 aliphatic rings. The molecule has 1 heterocycles. The molecule has 0 spiro atoms. The highest BCUT2D eigenvalue weighted by atomic mass is 19.4. The van der Waals surface area contributed by atoms with Crippen molar-refractivity contribution < 1.29 is 23.1 Å². The number of aromatic nitrogens is 1. The van der Waals surface area contributed by atoms with E-state index in [0.717, 1.165) is 15.7 Å². The number of carbonyl (C=O) groups is 1. The maximum atomic E-state index is 12.5. The molecule has 0 fully saturated rings. The molecule has 0 atom stereocenters. The summed E-state index contributed by atoms with van der Waals surface area (Å²) in [6.07, 6.45) is -2.89. The molecule has 0 unspecified atom stereocenters. The minimum absolute atomic E-state index is 0.170. The minimum atomic E-state index is -4.45. The number of pyridine rings is 1. The fourth-order valence-corrected chi connectivity index (χ4v) is 2.06. The summed E-state index contributed by atoms with van der Waals surface area (Å²) in [5.41, 5.74) is 0.402. The zero-order valence-electron chi connectivity index (χ0n) is 11.0. The lowest BCUT2D eigenvalue weighted by Gasteiger charge is -2.21. The highest BCUT2D eigenvalue weighted by Crippen LogP contribution is 2.19. The number of hydrogen-bond acceptors (Lipinski definition) is 3. The number of rotatable bonds is 5. The van der Waals surface area contributed by atoms with Crippen LogP contribution < -0.4 is 0 Å². The number of alkyl halides is 3. The van der Waals surface area contributed by atoms with Crippen LogP contribution in [0.4, 0.5) is 13.2 Å². The molecule has 2 aromatic rings. The van der Waals surface area contributed by atoms with E-state index in [1.54, 1.807) is 12.3 Å². The Morgan fingerprint density at radius 1 is 1.24 bits per heavy atom. The molecule has 4 nitrogen and oxygen atoms in total. The van der Waals surface area contributed by atoms with Gasteiger partial charge in [-0.3, -0.25) is 14.7 Å². The average molecular weight is 298 g/mol. The Kier molecular flexibility index (Phi) is 4.42. The second-order valence-corrected chi connectivity index (χ2v) is 4.68. The summed E-state index contributed by atoms with van der Waals surface area (Å²) < 4.78 is 37.4. The molecule has 0 aliphatic heterocycles. The Morgan fingerprint density at radius 3 is 2.52 bits per heavy atom. The van der Waals surface area contributed by atoms with Crippen molar-refractivity contribution in [3.63, 3.8) is 0 Å². The maximum Gasteiger partial charge on any atom is 0.401 e. The molecule has 2 rings (SSSR count). The van der Waals surface area contributed by atoms with Crippen LogP contribution in [0.2, 0.25) is 0 Å². The first kappa shape index (κ1) is 15.2. The van der Waals surface area contributed by atoms with E-state index in [2.05, 4.69) is 4.98 Å². The van der Waals surface area contributed by atoms with Crippen molar-refractivity contribution in [2.75, 3.05) is 13.1 Å². The first-order valence-corrected chi connectivity index (χ1v) is 6.18. The first-order chi connectivity index (χ1) is 9.83. The molecule has 0 aliphatic carbocycles. The predicted octanol–water partition coefficient (Wildman–Crippen LogP) is 2.68. The minimum Gasteiger partial charge on any atom is -0.480 e. The van der Waals surface area contributed by atoms with Crippen molar-refractivity contribution >= 4 is 16.7 Å². The number of benzene rings is 1. The van der Waals surface area contributed by atoms with Crippen LogP contribution in [0.15, 0.2) is 36.5 Å². The van der Waals surface area contributed by atoms with E-state index in [1.165, 1.54) is 0 Å². The van der Waals surface area contributed by atoms with Crippen molar-refractivity contribution in [1.82, 2.24) is 9.88 Å². The van der Waals surface area contributed by atoms with Gasteiger partial charge in [0.2, 0.25) is 0 Å². The van der Waals surface area contributed by atoms with Gasteiger partial charge < -0.3 is 5.11 Å². The number of aliphatic carboxylic acids is 1. The molecular formula is C14H13F3N2O2. The number of fused-ring (bicyclic) bond motifs is 1. The van der Waals surface area contributed by atoms with Gasteiger partial charge in [-0.25, -0.2) is 0 Å². The Labute approximate surface area is 118 Å². The van der Waals surface area contributed by atoms with E-state index in [1.807, 2.05) is 24.3 Å². The van der Waals surface area contributed by atoms with Gasteiger partial charge in [0.1, 0.15) is 0 Å². The molecule has 0 saturated heterocycles. The van der Waals surface area contributed by atoms with Gasteiger partial charge in [0.15, 0.2) is 0 Å². The van der Waals surface area contributed by atoms with Gasteiger partial charge >= 0.3 is 12.1 Å². The summed E-state index contributed by atoms with van der Waals surface area (Å²) in [5.74, 6) is -1.31. The SMILES string of the molecule is O=C(O)CN(Cc1cc2ccccc2cn1)CC(F)(F)F. The Hall–Kier alpha value is -2.15. The molecule has 21 heavy (non-hydrogen) atoms. The second kappa shape index (κ2) is 6.09. The van der Waals surface area contributed by atoms with Crippen LogP contribution in [-0.4, -0.2) is 40.2 Å². The van der Waals surface area contributed by atoms with Gasteiger partial charge in [-0.1, -0.05) is 24.3 Å². The Morgan fingerprint density at radius 2 is 1.90 bits per heavy atom. The van der Waals surface area contributed by atoms with Crippen LogP contribution in [0.5, 0.6) is 0 Å². The number of carboxylic acids is 1. The summed E-state index contributed by atoms with van der Waals surface area (Å²) in [6, 6.07) is 8.99. The van der Waals surface area contributed by atoms with Gasteiger partial charge in [-0.05, 0) is 11.5 Å². The Bertz CT molecular complexity index is 643. The molecular weight excluding hydrogens is 285 g/mol. The lowest BCUT2D eigenvalue weighted by Crippen LogP contribution is -2.37. The summed E-state index contributed by atoms with van der Waals surface area (Å²) in [5, 5.41) is 10.4. The summed E-state index contributed by atoms with van der Waals surface area (Å²) >= 11 is 0. The third kappa shape index (κ3) is 4.71. The number of hydrogen-bond donors (Lipinski definition) is 1. The predicted molar refractivity (Wildman–Crippen MR) is 70.7 cm³/mol. The molecule has 0 amide bonds. The molecule has 1 aromatic heterocycles. The van der Waals surface area contributed by atoms with Crippen molar-refractivity contribution in [2.24, 2.45) is 0 Å². The summed E-state index contributed by atoms with van der Waals surface area (Å²) in [4.78, 5) is 15.6. The number of halogens is 3. The topological polar surface area (TPSA) is 53.4 Å². The van der Waals surface area contributed by atoms with Crippen molar-refractivity contribution in [1.29, 1.82) is 0 Å². The third-order valence-electron chi connectivity index (χ3n) is 2.83. The zero-order valence-corrected chi connectivity index (χ0v) is 11.0. The molecule has 0 radical (unpaired) electrons. The monoisotopic (exact) mass is 298 g/mol. The average Bonchev–Trinajstić information content (AvgIpc) is 2.35. The lowest BCUT2D eigenvalue weighted by atomic mass is 10.1. The second-order valence-electron chi connectivity index (χ2n) is 4.68. The van der Waals surface area contributed by atoms with E-state index >= 15 is 0 Å². The van der Waals surface area contributed by atoms with Gasteiger partial charge in [0, 0.05) is 18.1 Å². The van der Waals surface area contributed by atoms with Gasteiger partial charge in [0.05, 0.1) is 18.8 Å². The quantitative estimate of drug-likeness (QED) is 0.922. The Balaban J connectivity index is 2.18. The van der Waals surface area contributed by atoms with Gasteiger partial charge in [-0.15, -0.1) is 0 Å². The number of nitrogens with zero attached hydrogens (tertiary/aromatic N) is 2. The number of carboxylic acid groups (broad SMARTS) is 1. The molecule has 0 bridgehead atoms. The molecule has 1 aromatic carbocycles.